The minimum atomic E-state index is 0.834. The highest BCUT2D eigenvalue weighted by Gasteiger charge is 2.25. The molecular weight excluding hydrogens is 158 g/mol. The maximum absolute atomic E-state index is 2.48. The SMILES string of the molecule is CC1CN(c2ccccc2)CC1C. The van der Waals surface area contributed by atoms with Crippen molar-refractivity contribution >= 4 is 5.69 Å². The molecule has 0 spiro atoms. The molecule has 0 saturated carbocycles. The average molecular weight is 175 g/mol. The van der Waals surface area contributed by atoms with Gasteiger partial charge in [0, 0.05) is 18.8 Å². The van der Waals surface area contributed by atoms with Crippen LogP contribution in [0.2, 0.25) is 0 Å². The van der Waals surface area contributed by atoms with Crippen LogP contribution in [0.4, 0.5) is 5.69 Å². The molecule has 1 fully saturated rings. The van der Waals surface area contributed by atoms with Crippen LogP contribution in [0, 0.1) is 11.8 Å². The fraction of sp³-hybridized carbons (Fsp3) is 0.500. The van der Waals surface area contributed by atoms with Crippen LogP contribution < -0.4 is 4.90 Å². The van der Waals surface area contributed by atoms with E-state index in [2.05, 4.69) is 49.1 Å². The highest BCUT2D eigenvalue weighted by molar-refractivity contribution is 5.47. The Kier molecular flexibility index (Phi) is 2.26. The van der Waals surface area contributed by atoms with Gasteiger partial charge in [0.05, 0.1) is 0 Å². The highest BCUT2D eigenvalue weighted by Crippen LogP contribution is 2.26. The molecule has 0 aliphatic carbocycles. The van der Waals surface area contributed by atoms with Gasteiger partial charge < -0.3 is 4.90 Å². The summed E-state index contributed by atoms with van der Waals surface area (Å²) in [6.07, 6.45) is 0. The lowest BCUT2D eigenvalue weighted by Gasteiger charge is -2.17. The van der Waals surface area contributed by atoms with Gasteiger partial charge in [-0.05, 0) is 24.0 Å². The van der Waals surface area contributed by atoms with Gasteiger partial charge in [-0.1, -0.05) is 32.0 Å². The molecule has 70 valence electrons. The minimum Gasteiger partial charge on any atom is -0.371 e. The van der Waals surface area contributed by atoms with Crippen molar-refractivity contribution in [3.8, 4) is 0 Å². The van der Waals surface area contributed by atoms with Crippen LogP contribution in [0.3, 0.4) is 0 Å². The Bertz CT molecular complexity index is 258. The van der Waals surface area contributed by atoms with Crippen molar-refractivity contribution in [2.24, 2.45) is 11.8 Å². The number of para-hydroxylation sites is 1. The molecule has 0 radical (unpaired) electrons. The third-order valence-corrected chi connectivity index (χ3v) is 3.11. The van der Waals surface area contributed by atoms with Crippen molar-refractivity contribution in [2.45, 2.75) is 13.8 Å². The Balaban J connectivity index is 2.12. The topological polar surface area (TPSA) is 3.24 Å². The summed E-state index contributed by atoms with van der Waals surface area (Å²) < 4.78 is 0. The molecule has 1 heteroatoms. The monoisotopic (exact) mass is 175 g/mol. The lowest BCUT2D eigenvalue weighted by Crippen LogP contribution is -2.19. The second kappa shape index (κ2) is 3.41. The van der Waals surface area contributed by atoms with Crippen LogP contribution in [-0.4, -0.2) is 13.1 Å². The van der Waals surface area contributed by atoms with E-state index in [1.165, 1.54) is 18.8 Å². The van der Waals surface area contributed by atoms with Gasteiger partial charge in [0.15, 0.2) is 0 Å². The largest absolute Gasteiger partial charge is 0.371 e. The van der Waals surface area contributed by atoms with E-state index in [0.717, 1.165) is 11.8 Å². The summed E-state index contributed by atoms with van der Waals surface area (Å²) in [5.41, 5.74) is 1.37. The van der Waals surface area contributed by atoms with Crippen LogP contribution in [0.5, 0.6) is 0 Å². The van der Waals surface area contributed by atoms with Gasteiger partial charge in [0.25, 0.3) is 0 Å². The molecule has 1 nitrogen and oxygen atoms in total. The zero-order chi connectivity index (χ0) is 9.26. The molecule has 0 aromatic heterocycles. The number of nitrogens with zero attached hydrogens (tertiary/aromatic N) is 1. The summed E-state index contributed by atoms with van der Waals surface area (Å²) in [5.74, 6) is 1.67. The van der Waals surface area contributed by atoms with Gasteiger partial charge in [-0.2, -0.15) is 0 Å². The van der Waals surface area contributed by atoms with Crippen molar-refractivity contribution in [3.05, 3.63) is 30.3 Å². The molecule has 2 rings (SSSR count). The quantitative estimate of drug-likeness (QED) is 0.634. The molecule has 1 aliphatic heterocycles. The predicted molar refractivity (Wildman–Crippen MR) is 57.0 cm³/mol. The Labute approximate surface area is 80.4 Å². The molecule has 1 saturated heterocycles. The third kappa shape index (κ3) is 1.69. The second-order valence-corrected chi connectivity index (χ2v) is 4.20. The Morgan fingerprint density at radius 1 is 1.00 bits per heavy atom. The van der Waals surface area contributed by atoms with E-state index < -0.39 is 0 Å². The van der Waals surface area contributed by atoms with Gasteiger partial charge in [0.2, 0.25) is 0 Å². The normalized spacial score (nSPS) is 28.0. The first-order chi connectivity index (χ1) is 6.27. The van der Waals surface area contributed by atoms with E-state index in [-0.39, 0.29) is 0 Å². The van der Waals surface area contributed by atoms with E-state index in [0.29, 0.717) is 0 Å². The first kappa shape index (κ1) is 8.61. The van der Waals surface area contributed by atoms with E-state index in [9.17, 15) is 0 Å². The highest BCUT2D eigenvalue weighted by atomic mass is 15.2. The number of rotatable bonds is 1. The number of benzene rings is 1. The molecular formula is C12H17N. The van der Waals surface area contributed by atoms with Crippen LogP contribution in [0.1, 0.15) is 13.8 Å². The minimum absolute atomic E-state index is 0.834. The summed E-state index contributed by atoms with van der Waals surface area (Å²) in [7, 11) is 0. The molecule has 1 aromatic rings. The smallest absolute Gasteiger partial charge is 0.0366 e. The molecule has 1 heterocycles. The van der Waals surface area contributed by atoms with E-state index in [1.807, 2.05) is 0 Å². The van der Waals surface area contributed by atoms with Crippen molar-refractivity contribution in [3.63, 3.8) is 0 Å². The standard InChI is InChI=1S/C12H17N/c1-10-8-13(9-11(10)2)12-6-4-3-5-7-12/h3-7,10-11H,8-9H2,1-2H3. The van der Waals surface area contributed by atoms with Crippen molar-refractivity contribution in [1.29, 1.82) is 0 Å². The number of hydrogen-bond donors (Lipinski definition) is 0. The molecule has 2 atom stereocenters. The molecule has 0 amide bonds. The van der Waals surface area contributed by atoms with E-state index in [4.69, 9.17) is 0 Å². The van der Waals surface area contributed by atoms with Crippen molar-refractivity contribution in [1.82, 2.24) is 0 Å². The van der Waals surface area contributed by atoms with E-state index >= 15 is 0 Å². The lowest BCUT2D eigenvalue weighted by molar-refractivity contribution is 0.494. The summed E-state index contributed by atoms with van der Waals surface area (Å²) in [6, 6.07) is 10.7. The fourth-order valence-corrected chi connectivity index (χ4v) is 1.98. The maximum Gasteiger partial charge on any atom is 0.0366 e. The van der Waals surface area contributed by atoms with Crippen LogP contribution in [0.15, 0.2) is 30.3 Å². The molecule has 0 N–H and O–H groups in total. The Morgan fingerprint density at radius 3 is 2.08 bits per heavy atom. The molecule has 2 unspecified atom stereocenters. The average Bonchev–Trinajstić information content (AvgIpc) is 2.49. The van der Waals surface area contributed by atoms with Gasteiger partial charge in [-0.3, -0.25) is 0 Å². The lowest BCUT2D eigenvalue weighted by atomic mass is 10.0. The Morgan fingerprint density at radius 2 is 1.54 bits per heavy atom. The van der Waals surface area contributed by atoms with Gasteiger partial charge in [-0.15, -0.1) is 0 Å². The summed E-state index contributed by atoms with van der Waals surface area (Å²) in [5, 5.41) is 0. The Hall–Kier alpha value is -0.980. The van der Waals surface area contributed by atoms with Gasteiger partial charge in [0.1, 0.15) is 0 Å². The van der Waals surface area contributed by atoms with E-state index in [1.54, 1.807) is 0 Å². The third-order valence-electron chi connectivity index (χ3n) is 3.11. The number of anilines is 1. The summed E-state index contributed by atoms with van der Waals surface area (Å²) >= 11 is 0. The molecule has 0 bridgehead atoms. The van der Waals surface area contributed by atoms with Crippen LogP contribution >= 0.6 is 0 Å². The van der Waals surface area contributed by atoms with Crippen molar-refractivity contribution in [2.75, 3.05) is 18.0 Å². The predicted octanol–water partition coefficient (Wildman–Crippen LogP) is 2.78. The first-order valence-corrected chi connectivity index (χ1v) is 5.07. The summed E-state index contributed by atoms with van der Waals surface area (Å²) in [4.78, 5) is 2.48. The molecule has 1 aliphatic rings. The zero-order valence-corrected chi connectivity index (χ0v) is 8.40. The molecule has 13 heavy (non-hydrogen) atoms. The number of hydrogen-bond acceptors (Lipinski definition) is 1. The van der Waals surface area contributed by atoms with Crippen LogP contribution in [-0.2, 0) is 0 Å². The van der Waals surface area contributed by atoms with Crippen molar-refractivity contribution < 1.29 is 0 Å². The fourth-order valence-electron chi connectivity index (χ4n) is 1.98. The summed E-state index contributed by atoms with van der Waals surface area (Å²) in [6.45, 7) is 7.11. The molecule has 1 aromatic carbocycles. The van der Waals surface area contributed by atoms with Crippen LogP contribution in [0.25, 0.3) is 0 Å². The first-order valence-electron chi connectivity index (χ1n) is 5.07. The second-order valence-electron chi connectivity index (χ2n) is 4.20. The maximum atomic E-state index is 2.48. The van der Waals surface area contributed by atoms with Gasteiger partial charge >= 0.3 is 0 Å². The zero-order valence-electron chi connectivity index (χ0n) is 8.40. The van der Waals surface area contributed by atoms with Gasteiger partial charge in [-0.25, -0.2) is 0 Å².